The number of piperidine rings is 1. The maximum atomic E-state index is 13.1. The molecule has 1 saturated heterocycles. The van der Waals surface area contributed by atoms with E-state index in [1.807, 2.05) is 6.07 Å². The topological polar surface area (TPSA) is 27.6 Å². The maximum Gasteiger partial charge on any atom is 0.193 e. The second-order valence-electron chi connectivity index (χ2n) is 5.22. The van der Waals surface area contributed by atoms with E-state index in [9.17, 15) is 4.39 Å². The van der Waals surface area contributed by atoms with Crippen molar-refractivity contribution in [3.05, 3.63) is 35.6 Å². The van der Waals surface area contributed by atoms with Gasteiger partial charge in [0, 0.05) is 26.7 Å². The van der Waals surface area contributed by atoms with E-state index >= 15 is 0 Å². The molecule has 2 rings (SSSR count). The first-order valence-corrected chi connectivity index (χ1v) is 6.89. The highest BCUT2D eigenvalue weighted by Crippen LogP contribution is 2.15. The van der Waals surface area contributed by atoms with Gasteiger partial charge in [-0.15, -0.1) is 0 Å². The van der Waals surface area contributed by atoms with Crippen molar-refractivity contribution in [3.8, 4) is 0 Å². The van der Waals surface area contributed by atoms with Crippen LogP contribution in [0.2, 0.25) is 0 Å². The molecule has 0 saturated carbocycles. The number of hydrogen-bond donors (Lipinski definition) is 1. The summed E-state index contributed by atoms with van der Waals surface area (Å²) in [5.74, 6) is 1.43. The standard InChI is InChI=1S/C15H22FN3/c1-12-5-4-8-19(11-12)15(17-2)18-10-13-6-3-7-14(16)9-13/h3,6-7,9,12H,4-5,8,10-11H2,1-2H3,(H,17,18). The Labute approximate surface area is 114 Å². The molecule has 19 heavy (non-hydrogen) atoms. The minimum absolute atomic E-state index is 0.194. The highest BCUT2D eigenvalue weighted by atomic mass is 19.1. The predicted octanol–water partition coefficient (Wildman–Crippen LogP) is 2.63. The fourth-order valence-corrected chi connectivity index (χ4v) is 2.54. The molecule has 0 aromatic heterocycles. The lowest BCUT2D eigenvalue weighted by Gasteiger charge is -2.33. The zero-order chi connectivity index (χ0) is 13.7. The van der Waals surface area contributed by atoms with Crippen LogP contribution < -0.4 is 5.32 Å². The highest BCUT2D eigenvalue weighted by molar-refractivity contribution is 5.79. The number of aliphatic imine (C=N–C) groups is 1. The second-order valence-corrected chi connectivity index (χ2v) is 5.22. The third kappa shape index (κ3) is 3.94. The number of guanidine groups is 1. The fraction of sp³-hybridized carbons (Fsp3) is 0.533. The average Bonchev–Trinajstić information content (AvgIpc) is 2.40. The third-order valence-electron chi connectivity index (χ3n) is 3.51. The zero-order valence-electron chi connectivity index (χ0n) is 11.7. The van der Waals surface area contributed by atoms with E-state index in [0.29, 0.717) is 12.5 Å². The van der Waals surface area contributed by atoms with Gasteiger partial charge in [0.25, 0.3) is 0 Å². The van der Waals surface area contributed by atoms with E-state index in [1.165, 1.54) is 18.9 Å². The first kappa shape index (κ1) is 13.8. The van der Waals surface area contributed by atoms with Crippen LogP contribution in [0.15, 0.2) is 29.3 Å². The molecule has 1 unspecified atom stereocenters. The highest BCUT2D eigenvalue weighted by Gasteiger charge is 2.18. The minimum Gasteiger partial charge on any atom is -0.352 e. The Balaban J connectivity index is 1.92. The van der Waals surface area contributed by atoms with Crippen LogP contribution in [-0.4, -0.2) is 31.0 Å². The van der Waals surface area contributed by atoms with Gasteiger partial charge in [0.05, 0.1) is 0 Å². The SMILES string of the molecule is CN=C(NCc1cccc(F)c1)N1CCCC(C)C1. The lowest BCUT2D eigenvalue weighted by Crippen LogP contribution is -2.45. The summed E-state index contributed by atoms with van der Waals surface area (Å²) >= 11 is 0. The summed E-state index contributed by atoms with van der Waals surface area (Å²) in [6, 6.07) is 6.67. The van der Waals surface area contributed by atoms with Crippen molar-refractivity contribution in [2.24, 2.45) is 10.9 Å². The van der Waals surface area contributed by atoms with Gasteiger partial charge < -0.3 is 10.2 Å². The summed E-state index contributed by atoms with van der Waals surface area (Å²) < 4.78 is 13.1. The van der Waals surface area contributed by atoms with E-state index in [2.05, 4.69) is 22.1 Å². The van der Waals surface area contributed by atoms with Crippen molar-refractivity contribution < 1.29 is 4.39 Å². The number of rotatable bonds is 2. The van der Waals surface area contributed by atoms with Crippen LogP contribution in [0, 0.1) is 11.7 Å². The molecule has 3 nitrogen and oxygen atoms in total. The summed E-state index contributed by atoms with van der Waals surface area (Å²) in [5.41, 5.74) is 0.936. The van der Waals surface area contributed by atoms with E-state index in [4.69, 9.17) is 0 Å². The summed E-state index contributed by atoms with van der Waals surface area (Å²) in [6.07, 6.45) is 2.50. The third-order valence-corrected chi connectivity index (χ3v) is 3.51. The lowest BCUT2D eigenvalue weighted by molar-refractivity contribution is 0.266. The van der Waals surface area contributed by atoms with E-state index in [1.54, 1.807) is 19.2 Å². The monoisotopic (exact) mass is 263 g/mol. The van der Waals surface area contributed by atoms with Gasteiger partial charge in [-0.1, -0.05) is 19.1 Å². The molecule has 0 radical (unpaired) electrons. The van der Waals surface area contributed by atoms with Crippen molar-refractivity contribution >= 4 is 5.96 Å². The van der Waals surface area contributed by atoms with Crippen LogP contribution in [0.4, 0.5) is 4.39 Å². The first-order chi connectivity index (χ1) is 9.19. The Kier molecular flexibility index (Phi) is 4.77. The normalized spacial score (nSPS) is 20.5. The van der Waals surface area contributed by atoms with Gasteiger partial charge in [-0.25, -0.2) is 4.39 Å². The van der Waals surface area contributed by atoms with Crippen LogP contribution in [0.25, 0.3) is 0 Å². The lowest BCUT2D eigenvalue weighted by atomic mass is 10.0. The van der Waals surface area contributed by atoms with Gasteiger partial charge in [0.1, 0.15) is 5.82 Å². The van der Waals surface area contributed by atoms with Crippen molar-refractivity contribution in [2.45, 2.75) is 26.3 Å². The number of halogens is 1. The predicted molar refractivity (Wildman–Crippen MR) is 76.6 cm³/mol. The van der Waals surface area contributed by atoms with Crippen LogP contribution in [0.1, 0.15) is 25.3 Å². The summed E-state index contributed by atoms with van der Waals surface area (Å²) in [6.45, 7) is 4.97. The van der Waals surface area contributed by atoms with Crippen LogP contribution in [0.5, 0.6) is 0 Å². The van der Waals surface area contributed by atoms with E-state index < -0.39 is 0 Å². The van der Waals surface area contributed by atoms with Gasteiger partial charge in [-0.3, -0.25) is 4.99 Å². The van der Waals surface area contributed by atoms with Crippen molar-refractivity contribution in [1.82, 2.24) is 10.2 Å². The van der Waals surface area contributed by atoms with Gasteiger partial charge >= 0.3 is 0 Å². The molecule has 1 heterocycles. The Hall–Kier alpha value is -1.58. The average molecular weight is 263 g/mol. The van der Waals surface area contributed by atoms with E-state index in [-0.39, 0.29) is 5.82 Å². The van der Waals surface area contributed by atoms with Crippen molar-refractivity contribution in [2.75, 3.05) is 20.1 Å². The molecule has 0 spiro atoms. The number of benzene rings is 1. The second kappa shape index (κ2) is 6.55. The number of hydrogen-bond acceptors (Lipinski definition) is 1. The Morgan fingerprint density at radius 3 is 3.05 bits per heavy atom. The minimum atomic E-state index is -0.194. The molecule has 1 aromatic rings. The van der Waals surface area contributed by atoms with Crippen molar-refractivity contribution in [3.63, 3.8) is 0 Å². The molecule has 4 heteroatoms. The summed E-state index contributed by atoms with van der Waals surface area (Å²) in [5, 5.41) is 3.31. The maximum absolute atomic E-state index is 13.1. The molecule has 1 N–H and O–H groups in total. The molecule has 1 atom stereocenters. The smallest absolute Gasteiger partial charge is 0.193 e. The van der Waals surface area contributed by atoms with Gasteiger partial charge in [0.2, 0.25) is 0 Å². The molecule has 1 aliphatic heterocycles. The summed E-state index contributed by atoms with van der Waals surface area (Å²) in [7, 11) is 1.80. The molecular weight excluding hydrogens is 241 g/mol. The Bertz CT molecular complexity index is 445. The van der Waals surface area contributed by atoms with E-state index in [0.717, 1.165) is 24.6 Å². The molecule has 0 bridgehead atoms. The van der Waals surface area contributed by atoms with Crippen LogP contribution in [-0.2, 0) is 6.54 Å². The van der Waals surface area contributed by atoms with Gasteiger partial charge in [-0.05, 0) is 36.5 Å². The fourth-order valence-electron chi connectivity index (χ4n) is 2.54. The molecule has 1 aliphatic rings. The molecule has 0 aliphatic carbocycles. The quantitative estimate of drug-likeness (QED) is 0.656. The van der Waals surface area contributed by atoms with Crippen LogP contribution in [0.3, 0.4) is 0 Å². The number of nitrogens with one attached hydrogen (secondary N) is 1. The molecule has 0 amide bonds. The molecular formula is C15H22FN3. The van der Waals surface area contributed by atoms with Crippen molar-refractivity contribution in [1.29, 1.82) is 0 Å². The number of nitrogens with zero attached hydrogens (tertiary/aromatic N) is 2. The van der Waals surface area contributed by atoms with Gasteiger partial charge in [-0.2, -0.15) is 0 Å². The Morgan fingerprint density at radius 1 is 1.53 bits per heavy atom. The number of likely N-dealkylation sites (tertiary alicyclic amines) is 1. The zero-order valence-corrected chi connectivity index (χ0v) is 11.7. The largest absolute Gasteiger partial charge is 0.352 e. The molecule has 1 fully saturated rings. The molecule has 104 valence electrons. The molecule has 1 aromatic carbocycles. The van der Waals surface area contributed by atoms with Crippen LogP contribution >= 0.6 is 0 Å². The van der Waals surface area contributed by atoms with Gasteiger partial charge in [0.15, 0.2) is 5.96 Å². The first-order valence-electron chi connectivity index (χ1n) is 6.89. The summed E-state index contributed by atoms with van der Waals surface area (Å²) in [4.78, 5) is 6.61. The Morgan fingerprint density at radius 2 is 2.37 bits per heavy atom.